The molecule has 2 aromatic rings. The number of halogens is 1. The van der Waals surface area contributed by atoms with Crippen LogP contribution in [0.1, 0.15) is 24.2 Å². The van der Waals surface area contributed by atoms with Crippen molar-refractivity contribution < 1.29 is 39.7 Å². The number of nitrogens with two attached hydrogens (primary N) is 1. The number of quaternary nitrogens is 1. The third-order valence-corrected chi connectivity index (χ3v) is 4.87. The van der Waals surface area contributed by atoms with Crippen LogP contribution in [0, 0.1) is 0 Å². The van der Waals surface area contributed by atoms with Gasteiger partial charge in [0.1, 0.15) is 12.6 Å². The highest BCUT2D eigenvalue weighted by Gasteiger charge is 2.57. The average Bonchev–Trinajstić information content (AvgIpc) is 3.06. The molecule has 0 aliphatic carbocycles. The van der Waals surface area contributed by atoms with Gasteiger partial charge in [0.25, 0.3) is 0 Å². The van der Waals surface area contributed by atoms with E-state index in [0.29, 0.717) is 18.0 Å². The van der Waals surface area contributed by atoms with Gasteiger partial charge < -0.3 is 30.1 Å². The van der Waals surface area contributed by atoms with Gasteiger partial charge in [-0.25, -0.2) is 9.59 Å². The van der Waals surface area contributed by atoms with Gasteiger partial charge in [-0.2, -0.15) is 0 Å². The molecule has 0 radical (unpaired) electrons. The van der Waals surface area contributed by atoms with Crippen LogP contribution in [0.3, 0.4) is 0 Å². The number of aliphatic hydroxyl groups excluding tert-OH is 1. The molecule has 29 heavy (non-hydrogen) atoms. The number of aliphatic hydroxyl groups is 1. The standard InChI is InChI=1S/C20H20ClNO7/c1-11(22-10-15(23)13-3-2-4-14(21)9-13)7-12-5-6-16-17(8-12)29-20(28-16,18(24)25)19(26)27/h2-6,8-9,11,15,22-23H,7,10H2,1H3,(H,24,25)(H,26,27)/p+1. The summed E-state index contributed by atoms with van der Waals surface area (Å²) in [7, 11) is 0. The van der Waals surface area contributed by atoms with Crippen molar-refractivity contribution in [2.75, 3.05) is 6.54 Å². The highest BCUT2D eigenvalue weighted by molar-refractivity contribution is 6.30. The number of carboxylic acid groups (broad SMARTS) is 2. The number of aliphatic carboxylic acids is 2. The SMILES string of the molecule is CC(Cc1ccc2c(c1)OC(C(=O)O)(C(=O)O)O2)[NH2+]CC(O)c1cccc(Cl)c1. The summed E-state index contributed by atoms with van der Waals surface area (Å²) in [5.41, 5.74) is 1.56. The lowest BCUT2D eigenvalue weighted by molar-refractivity contribution is -0.692. The van der Waals surface area contributed by atoms with Crippen molar-refractivity contribution in [2.24, 2.45) is 0 Å². The Bertz CT molecular complexity index is 919. The van der Waals surface area contributed by atoms with Crippen molar-refractivity contribution in [3.63, 3.8) is 0 Å². The second-order valence-corrected chi connectivity index (χ2v) is 7.37. The summed E-state index contributed by atoms with van der Waals surface area (Å²) in [6.45, 7) is 2.42. The number of benzene rings is 2. The number of hydrogen-bond acceptors (Lipinski definition) is 5. The molecule has 154 valence electrons. The molecule has 0 fully saturated rings. The van der Waals surface area contributed by atoms with Crippen molar-refractivity contribution in [1.82, 2.24) is 0 Å². The quantitative estimate of drug-likeness (QED) is 0.470. The number of rotatable bonds is 8. The molecule has 0 amide bonds. The molecule has 3 rings (SSSR count). The summed E-state index contributed by atoms with van der Waals surface area (Å²) in [6.07, 6.45) is -0.0777. The Labute approximate surface area is 171 Å². The maximum Gasteiger partial charge on any atom is 0.453 e. The number of carboxylic acids is 2. The van der Waals surface area contributed by atoms with Crippen molar-refractivity contribution in [3.05, 3.63) is 58.6 Å². The van der Waals surface area contributed by atoms with Gasteiger partial charge in [0.15, 0.2) is 11.5 Å². The average molecular weight is 423 g/mol. The van der Waals surface area contributed by atoms with Crippen molar-refractivity contribution >= 4 is 23.5 Å². The Morgan fingerprint density at radius 2 is 1.79 bits per heavy atom. The Morgan fingerprint density at radius 1 is 1.10 bits per heavy atom. The molecule has 1 heterocycles. The van der Waals surface area contributed by atoms with Crippen LogP contribution in [0.5, 0.6) is 11.5 Å². The molecule has 1 aliphatic rings. The first kappa shape index (κ1) is 20.9. The van der Waals surface area contributed by atoms with Crippen LogP contribution < -0.4 is 14.8 Å². The van der Waals surface area contributed by atoms with Crippen LogP contribution in [0.2, 0.25) is 5.02 Å². The number of hydrogen-bond donors (Lipinski definition) is 4. The molecule has 5 N–H and O–H groups in total. The van der Waals surface area contributed by atoms with Gasteiger partial charge in [-0.3, -0.25) is 0 Å². The largest absolute Gasteiger partial charge is 0.475 e. The summed E-state index contributed by atoms with van der Waals surface area (Å²) < 4.78 is 10.2. The first-order valence-corrected chi connectivity index (χ1v) is 9.33. The summed E-state index contributed by atoms with van der Waals surface area (Å²) in [5, 5.41) is 31.2. The van der Waals surface area contributed by atoms with Crippen LogP contribution in [0.25, 0.3) is 0 Å². The van der Waals surface area contributed by atoms with Gasteiger partial charge in [-0.05, 0) is 42.3 Å². The molecule has 9 heteroatoms. The van der Waals surface area contributed by atoms with E-state index in [-0.39, 0.29) is 17.5 Å². The maximum absolute atomic E-state index is 11.3. The van der Waals surface area contributed by atoms with Gasteiger partial charge in [-0.15, -0.1) is 0 Å². The molecular formula is C20H21ClNO7+. The highest BCUT2D eigenvalue weighted by atomic mass is 35.5. The van der Waals surface area contributed by atoms with E-state index in [2.05, 4.69) is 0 Å². The topological polar surface area (TPSA) is 130 Å². The zero-order valence-corrected chi connectivity index (χ0v) is 16.3. The number of fused-ring (bicyclic) bond motifs is 1. The fourth-order valence-corrected chi connectivity index (χ4v) is 3.31. The highest BCUT2D eigenvalue weighted by Crippen LogP contribution is 2.40. The number of ether oxygens (including phenoxy) is 2. The monoisotopic (exact) mass is 422 g/mol. The molecule has 8 nitrogen and oxygen atoms in total. The fraction of sp³-hybridized carbons (Fsp3) is 0.300. The van der Waals surface area contributed by atoms with E-state index in [9.17, 15) is 24.9 Å². The van der Waals surface area contributed by atoms with Crippen LogP contribution in [0.15, 0.2) is 42.5 Å². The predicted molar refractivity (Wildman–Crippen MR) is 102 cm³/mol. The van der Waals surface area contributed by atoms with Crippen molar-refractivity contribution in [2.45, 2.75) is 31.3 Å². The van der Waals surface area contributed by atoms with E-state index in [1.165, 1.54) is 6.07 Å². The van der Waals surface area contributed by atoms with Crippen LogP contribution in [0.4, 0.5) is 0 Å². The molecule has 2 aromatic carbocycles. The van der Waals surface area contributed by atoms with E-state index in [1.807, 2.05) is 18.3 Å². The van der Waals surface area contributed by atoms with Crippen LogP contribution in [-0.4, -0.2) is 45.6 Å². The summed E-state index contributed by atoms with van der Waals surface area (Å²) in [6, 6.07) is 11.9. The smallest absolute Gasteiger partial charge is 0.453 e. The van der Waals surface area contributed by atoms with E-state index in [0.717, 1.165) is 11.1 Å². The minimum Gasteiger partial charge on any atom is -0.475 e. The Balaban J connectivity index is 1.61. The lowest BCUT2D eigenvalue weighted by Crippen LogP contribution is -2.90. The predicted octanol–water partition coefficient (Wildman–Crippen LogP) is 1.20. The van der Waals surface area contributed by atoms with E-state index < -0.39 is 23.8 Å². The third-order valence-electron chi connectivity index (χ3n) is 4.63. The Kier molecular flexibility index (Phi) is 5.97. The zero-order valence-electron chi connectivity index (χ0n) is 15.5. The van der Waals surface area contributed by atoms with E-state index in [4.69, 9.17) is 21.1 Å². The summed E-state index contributed by atoms with van der Waals surface area (Å²) in [5.74, 6) is -6.11. The summed E-state index contributed by atoms with van der Waals surface area (Å²) >= 11 is 5.95. The molecule has 2 atom stereocenters. The molecule has 1 aliphatic heterocycles. The van der Waals surface area contributed by atoms with Crippen LogP contribution in [-0.2, 0) is 16.0 Å². The van der Waals surface area contributed by atoms with Gasteiger partial charge in [0.05, 0.1) is 6.04 Å². The lowest BCUT2D eigenvalue weighted by Gasteiger charge is -2.17. The molecule has 0 aromatic heterocycles. The second kappa shape index (κ2) is 8.28. The van der Waals surface area contributed by atoms with Gasteiger partial charge in [-0.1, -0.05) is 29.8 Å². The Morgan fingerprint density at radius 3 is 2.45 bits per heavy atom. The summed E-state index contributed by atoms with van der Waals surface area (Å²) in [4.78, 5) is 22.6. The maximum atomic E-state index is 11.3. The van der Waals surface area contributed by atoms with E-state index >= 15 is 0 Å². The molecular weight excluding hydrogens is 402 g/mol. The van der Waals surface area contributed by atoms with Crippen molar-refractivity contribution in [1.29, 1.82) is 0 Å². The second-order valence-electron chi connectivity index (χ2n) is 6.94. The lowest BCUT2D eigenvalue weighted by atomic mass is 10.1. The van der Waals surface area contributed by atoms with Crippen LogP contribution >= 0.6 is 11.6 Å². The first-order valence-electron chi connectivity index (χ1n) is 8.96. The Hall–Kier alpha value is -2.81. The normalized spacial score (nSPS) is 16.2. The zero-order chi connectivity index (χ0) is 21.2. The number of carbonyl (C=O) groups is 2. The molecule has 2 unspecified atom stereocenters. The molecule has 0 spiro atoms. The molecule has 0 bridgehead atoms. The van der Waals surface area contributed by atoms with Gasteiger partial charge >= 0.3 is 17.7 Å². The van der Waals surface area contributed by atoms with Crippen molar-refractivity contribution in [3.8, 4) is 11.5 Å². The molecule has 0 saturated carbocycles. The fourth-order valence-electron chi connectivity index (χ4n) is 3.11. The minimum atomic E-state index is -2.76. The van der Waals surface area contributed by atoms with Gasteiger partial charge in [0, 0.05) is 11.4 Å². The first-order chi connectivity index (χ1) is 13.7. The molecule has 0 saturated heterocycles. The minimum absolute atomic E-state index is 0.0616. The van der Waals surface area contributed by atoms with E-state index in [1.54, 1.807) is 30.3 Å². The third kappa shape index (κ3) is 4.45. The van der Waals surface area contributed by atoms with Gasteiger partial charge in [0.2, 0.25) is 0 Å².